The van der Waals surface area contributed by atoms with Crippen LogP contribution in [0.15, 0.2) is 6.08 Å². The van der Waals surface area contributed by atoms with E-state index >= 15 is 0 Å². The van der Waals surface area contributed by atoms with Crippen LogP contribution >= 0.6 is 22.9 Å². The quantitative estimate of drug-likeness (QED) is 0.567. The zero-order valence-corrected chi connectivity index (χ0v) is 7.75. The van der Waals surface area contributed by atoms with E-state index in [1.807, 2.05) is 19.1 Å². The SMILES string of the molecule is Cc1nc2c(s1)CC(Cl)C=C2. The monoisotopic (exact) mass is 185 g/mol. The summed E-state index contributed by atoms with van der Waals surface area (Å²) < 4.78 is 0. The van der Waals surface area contributed by atoms with Crippen LogP contribution in [0.2, 0.25) is 0 Å². The predicted molar refractivity (Wildman–Crippen MR) is 49.2 cm³/mol. The largest absolute Gasteiger partial charge is 0.242 e. The highest BCUT2D eigenvalue weighted by atomic mass is 35.5. The Hall–Kier alpha value is -0.340. The van der Waals surface area contributed by atoms with Gasteiger partial charge in [0.15, 0.2) is 0 Å². The van der Waals surface area contributed by atoms with E-state index < -0.39 is 0 Å². The van der Waals surface area contributed by atoms with Crippen LogP contribution in [0.1, 0.15) is 15.6 Å². The van der Waals surface area contributed by atoms with Crippen LogP contribution in [-0.2, 0) is 6.42 Å². The van der Waals surface area contributed by atoms with Crippen LogP contribution in [0.4, 0.5) is 0 Å². The van der Waals surface area contributed by atoms with Crippen LogP contribution in [-0.4, -0.2) is 10.4 Å². The number of aromatic nitrogens is 1. The lowest BCUT2D eigenvalue weighted by Gasteiger charge is -2.06. The van der Waals surface area contributed by atoms with Gasteiger partial charge in [0, 0.05) is 11.3 Å². The summed E-state index contributed by atoms with van der Waals surface area (Å²) in [7, 11) is 0. The van der Waals surface area contributed by atoms with Crippen LogP contribution in [0.25, 0.3) is 6.08 Å². The smallest absolute Gasteiger partial charge is 0.0904 e. The Bertz CT molecular complexity index is 303. The molecule has 0 aliphatic heterocycles. The second kappa shape index (κ2) is 2.61. The number of hydrogen-bond acceptors (Lipinski definition) is 2. The van der Waals surface area contributed by atoms with Crippen LogP contribution in [0.5, 0.6) is 0 Å². The number of rotatable bonds is 0. The fourth-order valence-electron chi connectivity index (χ4n) is 1.20. The van der Waals surface area contributed by atoms with Gasteiger partial charge in [0.1, 0.15) is 0 Å². The van der Waals surface area contributed by atoms with Gasteiger partial charge in [-0.25, -0.2) is 4.98 Å². The Labute approximate surface area is 74.7 Å². The standard InChI is InChI=1S/C8H8ClNS/c1-5-10-7-3-2-6(9)4-8(7)11-5/h2-3,6H,4H2,1H3. The summed E-state index contributed by atoms with van der Waals surface area (Å²) >= 11 is 7.69. The molecule has 0 saturated carbocycles. The first kappa shape index (κ1) is 7.32. The van der Waals surface area contributed by atoms with Crippen molar-refractivity contribution in [2.45, 2.75) is 18.7 Å². The molecule has 0 amide bonds. The average molecular weight is 186 g/mol. The molecule has 1 nitrogen and oxygen atoms in total. The van der Waals surface area contributed by atoms with Gasteiger partial charge in [0.25, 0.3) is 0 Å². The summed E-state index contributed by atoms with van der Waals surface area (Å²) in [4.78, 5) is 5.68. The third-order valence-electron chi connectivity index (χ3n) is 1.68. The van der Waals surface area contributed by atoms with Crippen molar-refractivity contribution in [3.05, 3.63) is 21.7 Å². The molecule has 1 aromatic heterocycles. The lowest BCUT2D eigenvalue weighted by atomic mass is 10.1. The lowest BCUT2D eigenvalue weighted by molar-refractivity contribution is 1.01. The number of aryl methyl sites for hydroxylation is 1. The van der Waals surface area contributed by atoms with Crippen LogP contribution in [0.3, 0.4) is 0 Å². The van der Waals surface area contributed by atoms with Gasteiger partial charge < -0.3 is 0 Å². The molecule has 0 aromatic carbocycles. The molecule has 1 atom stereocenters. The molecule has 3 heteroatoms. The number of halogens is 1. The molecule has 1 unspecified atom stereocenters. The molecule has 0 radical (unpaired) electrons. The van der Waals surface area contributed by atoms with Gasteiger partial charge in [-0.2, -0.15) is 0 Å². The molecule has 58 valence electrons. The maximum Gasteiger partial charge on any atom is 0.0904 e. The highest BCUT2D eigenvalue weighted by Crippen LogP contribution is 2.26. The minimum Gasteiger partial charge on any atom is -0.242 e. The van der Waals surface area contributed by atoms with Crippen molar-refractivity contribution in [2.24, 2.45) is 0 Å². The summed E-state index contributed by atoms with van der Waals surface area (Å²) in [5.41, 5.74) is 1.12. The number of thiazole rings is 1. The molecule has 1 aliphatic carbocycles. The van der Waals surface area contributed by atoms with Crippen molar-refractivity contribution >= 4 is 29.0 Å². The minimum absolute atomic E-state index is 0.169. The van der Waals surface area contributed by atoms with Gasteiger partial charge in [0.2, 0.25) is 0 Å². The third-order valence-corrected chi connectivity index (χ3v) is 2.99. The summed E-state index contributed by atoms with van der Waals surface area (Å²) in [5.74, 6) is 0. The van der Waals surface area contributed by atoms with Gasteiger partial charge in [0.05, 0.1) is 16.1 Å². The average Bonchev–Trinajstić information content (AvgIpc) is 2.27. The Morgan fingerprint density at radius 2 is 2.55 bits per heavy atom. The number of fused-ring (bicyclic) bond motifs is 1. The first-order valence-electron chi connectivity index (χ1n) is 3.54. The van der Waals surface area contributed by atoms with E-state index in [1.165, 1.54) is 4.88 Å². The zero-order valence-electron chi connectivity index (χ0n) is 6.17. The number of hydrogen-bond donors (Lipinski definition) is 0. The van der Waals surface area contributed by atoms with Crippen molar-refractivity contribution in [3.63, 3.8) is 0 Å². The Balaban J connectivity index is 2.44. The van der Waals surface area contributed by atoms with E-state index in [1.54, 1.807) is 11.3 Å². The summed E-state index contributed by atoms with van der Waals surface area (Å²) in [5, 5.41) is 1.30. The summed E-state index contributed by atoms with van der Waals surface area (Å²) in [6.07, 6.45) is 4.96. The molecular weight excluding hydrogens is 178 g/mol. The molecule has 2 rings (SSSR count). The molecule has 0 spiro atoms. The van der Waals surface area contributed by atoms with Crippen LogP contribution in [0, 0.1) is 6.92 Å². The molecule has 1 heterocycles. The number of nitrogens with zero attached hydrogens (tertiary/aromatic N) is 1. The molecule has 0 saturated heterocycles. The fraction of sp³-hybridized carbons (Fsp3) is 0.375. The van der Waals surface area contributed by atoms with Gasteiger partial charge in [-0.15, -0.1) is 22.9 Å². The van der Waals surface area contributed by atoms with Gasteiger partial charge in [-0.05, 0) is 13.0 Å². The maximum absolute atomic E-state index is 5.95. The normalized spacial score (nSPS) is 21.8. The first-order valence-corrected chi connectivity index (χ1v) is 4.79. The minimum atomic E-state index is 0.169. The highest BCUT2D eigenvalue weighted by molar-refractivity contribution is 7.11. The topological polar surface area (TPSA) is 12.9 Å². The highest BCUT2D eigenvalue weighted by Gasteiger charge is 2.14. The van der Waals surface area contributed by atoms with E-state index in [0.29, 0.717) is 0 Å². The van der Waals surface area contributed by atoms with E-state index in [2.05, 4.69) is 4.98 Å². The van der Waals surface area contributed by atoms with Crippen molar-refractivity contribution in [3.8, 4) is 0 Å². The van der Waals surface area contributed by atoms with Crippen molar-refractivity contribution in [1.29, 1.82) is 0 Å². The zero-order chi connectivity index (χ0) is 7.84. The van der Waals surface area contributed by atoms with E-state index in [4.69, 9.17) is 11.6 Å². The van der Waals surface area contributed by atoms with E-state index in [0.717, 1.165) is 17.1 Å². The van der Waals surface area contributed by atoms with Gasteiger partial charge >= 0.3 is 0 Å². The van der Waals surface area contributed by atoms with E-state index in [-0.39, 0.29) is 5.38 Å². The molecule has 1 aromatic rings. The second-order valence-electron chi connectivity index (χ2n) is 2.62. The third kappa shape index (κ3) is 1.33. The maximum atomic E-state index is 5.95. The summed E-state index contributed by atoms with van der Waals surface area (Å²) in [6, 6.07) is 0. The Morgan fingerprint density at radius 3 is 3.36 bits per heavy atom. The van der Waals surface area contributed by atoms with Crippen LogP contribution < -0.4 is 0 Å². The molecular formula is C8H8ClNS. The molecule has 11 heavy (non-hydrogen) atoms. The second-order valence-corrected chi connectivity index (χ2v) is 4.47. The van der Waals surface area contributed by atoms with Gasteiger partial charge in [-0.1, -0.05) is 6.08 Å². The van der Waals surface area contributed by atoms with Gasteiger partial charge in [-0.3, -0.25) is 0 Å². The molecule has 0 N–H and O–H groups in total. The molecule has 1 aliphatic rings. The molecule has 0 bridgehead atoms. The first-order chi connectivity index (χ1) is 5.25. The molecule has 0 fully saturated rings. The van der Waals surface area contributed by atoms with E-state index in [9.17, 15) is 0 Å². The Morgan fingerprint density at radius 1 is 1.73 bits per heavy atom. The number of alkyl halides is 1. The predicted octanol–water partition coefficient (Wildman–Crippen LogP) is 2.63. The van der Waals surface area contributed by atoms with Crippen molar-refractivity contribution in [2.75, 3.05) is 0 Å². The summed E-state index contributed by atoms with van der Waals surface area (Å²) in [6.45, 7) is 2.03. The van der Waals surface area contributed by atoms with Crippen molar-refractivity contribution in [1.82, 2.24) is 4.98 Å². The Kier molecular flexibility index (Phi) is 1.74. The van der Waals surface area contributed by atoms with Crippen molar-refractivity contribution < 1.29 is 0 Å². The number of allylic oxidation sites excluding steroid dienone is 1. The fourth-order valence-corrected chi connectivity index (χ4v) is 2.50. The lowest BCUT2D eigenvalue weighted by Crippen LogP contribution is -2.02.